The summed E-state index contributed by atoms with van der Waals surface area (Å²) in [6.07, 6.45) is 2.50. The molecule has 0 saturated carbocycles. The molecule has 1 heterocycles. The molecule has 0 atom stereocenters. The van der Waals surface area contributed by atoms with Crippen molar-refractivity contribution in [1.29, 1.82) is 0 Å². The van der Waals surface area contributed by atoms with Crippen LogP contribution in [0.25, 0.3) is 0 Å². The van der Waals surface area contributed by atoms with E-state index in [9.17, 15) is 14.4 Å². The molecule has 0 unspecified atom stereocenters. The summed E-state index contributed by atoms with van der Waals surface area (Å²) in [4.78, 5) is 43.2. The molecule has 0 fully saturated rings. The van der Waals surface area contributed by atoms with Crippen molar-refractivity contribution in [3.05, 3.63) is 53.6 Å². The first-order valence-electron chi connectivity index (χ1n) is 7.92. The van der Waals surface area contributed by atoms with Crippen LogP contribution < -0.4 is 5.32 Å². The molecule has 0 aliphatic heterocycles. The van der Waals surface area contributed by atoms with Gasteiger partial charge >= 0.3 is 11.9 Å². The number of ether oxygens (including phenoxy) is 2. The number of anilines is 1. The van der Waals surface area contributed by atoms with Crippen molar-refractivity contribution in [1.82, 2.24) is 9.97 Å². The molecular formula is C18H19N3O5. The van der Waals surface area contributed by atoms with E-state index >= 15 is 0 Å². The molecule has 26 heavy (non-hydrogen) atoms. The lowest BCUT2D eigenvalue weighted by atomic mass is 10.2. The van der Waals surface area contributed by atoms with Crippen molar-refractivity contribution in [2.75, 3.05) is 11.9 Å². The molecule has 8 nitrogen and oxygen atoms in total. The van der Waals surface area contributed by atoms with Crippen LogP contribution in [0.15, 0.2) is 36.7 Å². The highest BCUT2D eigenvalue weighted by atomic mass is 16.5. The summed E-state index contributed by atoms with van der Waals surface area (Å²) in [7, 11) is 0. The monoisotopic (exact) mass is 357 g/mol. The number of esters is 2. The van der Waals surface area contributed by atoms with Crippen LogP contribution >= 0.6 is 0 Å². The average Bonchev–Trinajstić information content (AvgIpc) is 2.60. The molecule has 0 saturated heterocycles. The van der Waals surface area contributed by atoms with E-state index in [0.29, 0.717) is 16.9 Å². The number of amides is 1. The smallest absolute Gasteiger partial charge is 0.359 e. The molecule has 1 aromatic carbocycles. The lowest BCUT2D eigenvalue weighted by Gasteiger charge is -2.09. The second kappa shape index (κ2) is 8.70. The lowest BCUT2D eigenvalue weighted by Crippen LogP contribution is -2.21. The predicted octanol–water partition coefficient (Wildman–Crippen LogP) is 2.15. The van der Waals surface area contributed by atoms with Gasteiger partial charge in [-0.25, -0.2) is 14.6 Å². The van der Waals surface area contributed by atoms with Gasteiger partial charge in [0.2, 0.25) is 0 Å². The van der Waals surface area contributed by atoms with Crippen molar-refractivity contribution >= 4 is 23.5 Å². The molecule has 1 aromatic heterocycles. The molecule has 0 aliphatic rings. The Labute approximate surface area is 150 Å². The zero-order chi connectivity index (χ0) is 19.1. The molecule has 8 heteroatoms. The summed E-state index contributed by atoms with van der Waals surface area (Å²) in [6, 6.07) is 6.19. The zero-order valence-corrected chi connectivity index (χ0v) is 14.7. The number of nitrogens with one attached hydrogen (secondary N) is 1. The first kappa shape index (κ1) is 19.0. The standard InChI is InChI=1S/C18H19N3O5/c1-11(2)26-17(23)13-4-6-14(7-5-13)21-16(22)10-25-18(24)15-9-19-12(3)8-20-15/h4-9,11H,10H2,1-3H3,(H,21,22). The van der Waals surface area contributed by atoms with Gasteiger partial charge in [0.1, 0.15) is 0 Å². The Balaban J connectivity index is 1.84. The summed E-state index contributed by atoms with van der Waals surface area (Å²) in [5, 5.41) is 2.56. The maximum Gasteiger partial charge on any atom is 0.359 e. The number of carbonyl (C=O) groups is 3. The molecule has 1 N–H and O–H groups in total. The minimum atomic E-state index is -0.737. The number of benzene rings is 1. The summed E-state index contributed by atoms with van der Waals surface area (Å²) in [5.74, 6) is -1.69. The van der Waals surface area contributed by atoms with E-state index in [1.54, 1.807) is 32.9 Å². The van der Waals surface area contributed by atoms with Gasteiger partial charge in [-0.05, 0) is 45.0 Å². The van der Waals surface area contributed by atoms with Gasteiger partial charge in [-0.3, -0.25) is 9.78 Å². The van der Waals surface area contributed by atoms with Gasteiger partial charge in [-0.15, -0.1) is 0 Å². The number of hydrogen-bond donors (Lipinski definition) is 1. The molecule has 0 spiro atoms. The molecule has 0 bridgehead atoms. The van der Waals surface area contributed by atoms with E-state index in [-0.39, 0.29) is 11.8 Å². The van der Waals surface area contributed by atoms with Gasteiger partial charge in [0.15, 0.2) is 12.3 Å². The summed E-state index contributed by atoms with van der Waals surface area (Å²) in [5.41, 5.74) is 1.53. The molecule has 0 radical (unpaired) electrons. The van der Waals surface area contributed by atoms with E-state index in [1.807, 2.05) is 0 Å². The lowest BCUT2D eigenvalue weighted by molar-refractivity contribution is -0.119. The van der Waals surface area contributed by atoms with E-state index in [0.717, 1.165) is 0 Å². The fourth-order valence-electron chi connectivity index (χ4n) is 1.87. The second-order valence-electron chi connectivity index (χ2n) is 5.70. The van der Waals surface area contributed by atoms with Crippen LogP contribution in [0.3, 0.4) is 0 Å². The Morgan fingerprint density at radius 1 is 1.04 bits per heavy atom. The highest BCUT2D eigenvalue weighted by Gasteiger charge is 2.13. The second-order valence-corrected chi connectivity index (χ2v) is 5.70. The molecule has 1 amide bonds. The topological polar surface area (TPSA) is 107 Å². The molecule has 136 valence electrons. The van der Waals surface area contributed by atoms with Crippen LogP contribution in [-0.4, -0.2) is 40.5 Å². The Morgan fingerprint density at radius 3 is 2.31 bits per heavy atom. The number of aryl methyl sites for hydroxylation is 1. The zero-order valence-electron chi connectivity index (χ0n) is 14.7. The van der Waals surface area contributed by atoms with Crippen LogP contribution in [0.2, 0.25) is 0 Å². The normalized spacial score (nSPS) is 10.3. The number of aromatic nitrogens is 2. The molecule has 2 rings (SSSR count). The number of nitrogens with zero attached hydrogens (tertiary/aromatic N) is 2. The minimum Gasteiger partial charge on any atom is -0.459 e. The Hall–Kier alpha value is -3.29. The Kier molecular flexibility index (Phi) is 6.37. The SMILES string of the molecule is Cc1cnc(C(=O)OCC(=O)Nc2ccc(C(=O)OC(C)C)cc2)cn1. The predicted molar refractivity (Wildman–Crippen MR) is 92.7 cm³/mol. The minimum absolute atomic E-state index is 0.0245. The van der Waals surface area contributed by atoms with Gasteiger partial charge in [0.05, 0.1) is 23.6 Å². The van der Waals surface area contributed by atoms with Crippen LogP contribution in [0.1, 0.15) is 40.4 Å². The van der Waals surface area contributed by atoms with E-state index in [1.165, 1.54) is 24.5 Å². The van der Waals surface area contributed by atoms with Crippen molar-refractivity contribution in [2.24, 2.45) is 0 Å². The number of rotatable bonds is 6. The summed E-state index contributed by atoms with van der Waals surface area (Å²) >= 11 is 0. The average molecular weight is 357 g/mol. The quantitative estimate of drug-likeness (QED) is 0.789. The van der Waals surface area contributed by atoms with Gasteiger partial charge in [-0.1, -0.05) is 0 Å². The maximum absolute atomic E-state index is 11.9. The van der Waals surface area contributed by atoms with Gasteiger partial charge in [-0.2, -0.15) is 0 Å². The highest BCUT2D eigenvalue weighted by Crippen LogP contribution is 2.11. The first-order chi connectivity index (χ1) is 12.3. The summed E-state index contributed by atoms with van der Waals surface area (Å²) in [6.45, 7) is 4.79. The van der Waals surface area contributed by atoms with E-state index in [2.05, 4.69) is 15.3 Å². The molecule has 0 aliphatic carbocycles. The molecule has 2 aromatic rings. The van der Waals surface area contributed by atoms with Crippen molar-refractivity contribution in [2.45, 2.75) is 26.9 Å². The van der Waals surface area contributed by atoms with E-state index in [4.69, 9.17) is 9.47 Å². The van der Waals surface area contributed by atoms with Crippen molar-refractivity contribution < 1.29 is 23.9 Å². The molecular weight excluding hydrogens is 338 g/mol. The van der Waals surface area contributed by atoms with Crippen LogP contribution in [0.4, 0.5) is 5.69 Å². The van der Waals surface area contributed by atoms with Gasteiger partial charge < -0.3 is 14.8 Å². The van der Waals surface area contributed by atoms with Gasteiger partial charge in [0, 0.05) is 11.9 Å². The van der Waals surface area contributed by atoms with Crippen molar-refractivity contribution in [3.63, 3.8) is 0 Å². The van der Waals surface area contributed by atoms with Crippen molar-refractivity contribution in [3.8, 4) is 0 Å². The highest BCUT2D eigenvalue weighted by molar-refractivity contribution is 5.95. The fraction of sp³-hybridized carbons (Fsp3) is 0.278. The summed E-state index contributed by atoms with van der Waals surface area (Å²) < 4.78 is 9.96. The van der Waals surface area contributed by atoms with Crippen LogP contribution in [0.5, 0.6) is 0 Å². The third-order valence-corrected chi connectivity index (χ3v) is 3.07. The number of hydrogen-bond acceptors (Lipinski definition) is 7. The Bertz CT molecular complexity index is 785. The first-order valence-corrected chi connectivity index (χ1v) is 7.92. The third-order valence-electron chi connectivity index (χ3n) is 3.07. The fourth-order valence-corrected chi connectivity index (χ4v) is 1.87. The number of carbonyl (C=O) groups excluding carboxylic acids is 3. The van der Waals surface area contributed by atoms with Crippen LogP contribution in [-0.2, 0) is 14.3 Å². The third kappa shape index (κ3) is 5.66. The van der Waals surface area contributed by atoms with Gasteiger partial charge in [0.25, 0.3) is 5.91 Å². The largest absolute Gasteiger partial charge is 0.459 e. The Morgan fingerprint density at radius 2 is 1.73 bits per heavy atom. The maximum atomic E-state index is 11.9. The van der Waals surface area contributed by atoms with E-state index < -0.39 is 24.5 Å². The van der Waals surface area contributed by atoms with Crippen LogP contribution in [0, 0.1) is 6.92 Å².